The highest BCUT2D eigenvalue weighted by molar-refractivity contribution is 14.1. The maximum Gasteiger partial charge on any atom is 0.450 e. The lowest BCUT2D eigenvalue weighted by atomic mass is 10.1. The number of benzene rings is 2. The summed E-state index contributed by atoms with van der Waals surface area (Å²) in [5.74, 6) is -0.921. The average Bonchev–Trinajstić information content (AvgIpc) is 2.92. The van der Waals surface area contributed by atoms with Gasteiger partial charge >= 0.3 is 6.18 Å². The lowest BCUT2D eigenvalue weighted by Crippen LogP contribution is -2.29. The van der Waals surface area contributed by atoms with Crippen molar-refractivity contribution in [1.29, 1.82) is 0 Å². The van der Waals surface area contributed by atoms with Crippen LogP contribution >= 0.6 is 22.6 Å². The van der Waals surface area contributed by atoms with E-state index in [1.54, 1.807) is 42.6 Å². The summed E-state index contributed by atoms with van der Waals surface area (Å²) in [6.07, 6.45) is -1.41. The lowest BCUT2D eigenvalue weighted by molar-refractivity contribution is -0.0613. The van der Waals surface area contributed by atoms with Crippen molar-refractivity contribution in [2.45, 2.75) is 25.9 Å². The summed E-state index contributed by atoms with van der Waals surface area (Å²) in [5.41, 5.74) is 1.73. The minimum absolute atomic E-state index is 0.310. The van der Waals surface area contributed by atoms with Gasteiger partial charge in [-0.1, -0.05) is 43.7 Å². The first-order chi connectivity index (χ1) is 11.9. The van der Waals surface area contributed by atoms with E-state index in [2.05, 4.69) is 4.99 Å². The van der Waals surface area contributed by atoms with Crippen molar-refractivity contribution in [2.24, 2.45) is 4.99 Å². The Morgan fingerprint density at radius 1 is 1.08 bits per heavy atom. The fourth-order valence-electron chi connectivity index (χ4n) is 2.80. The zero-order valence-corrected chi connectivity index (χ0v) is 15.7. The smallest absolute Gasteiger partial charge is 0.297 e. The van der Waals surface area contributed by atoms with Crippen LogP contribution in [0.15, 0.2) is 59.7 Å². The Kier molecular flexibility index (Phi) is 5.17. The van der Waals surface area contributed by atoms with Crippen LogP contribution in [0.25, 0.3) is 10.9 Å². The molecule has 6 heteroatoms. The van der Waals surface area contributed by atoms with Crippen LogP contribution < -0.4 is 0 Å². The number of aryl methyl sites for hydroxylation is 1. The number of nitrogens with zero attached hydrogens (tertiary/aromatic N) is 2. The van der Waals surface area contributed by atoms with Crippen LogP contribution in [0.2, 0.25) is 0 Å². The van der Waals surface area contributed by atoms with Crippen molar-refractivity contribution in [3.05, 3.63) is 63.9 Å². The van der Waals surface area contributed by atoms with Crippen LogP contribution in [-0.4, -0.2) is 16.6 Å². The van der Waals surface area contributed by atoms with E-state index >= 15 is 0 Å². The Morgan fingerprint density at radius 2 is 1.76 bits per heavy atom. The number of fused-ring (bicyclic) bond motifs is 1. The number of aliphatic imine (C=N–C) groups is 1. The first-order valence-electron chi connectivity index (χ1n) is 7.91. The largest absolute Gasteiger partial charge is 0.450 e. The molecule has 3 aromatic rings. The summed E-state index contributed by atoms with van der Waals surface area (Å²) in [5, 5.41) is 0.837. The Morgan fingerprint density at radius 3 is 2.44 bits per heavy atom. The normalized spacial score (nSPS) is 12.8. The summed E-state index contributed by atoms with van der Waals surface area (Å²) in [6.45, 7) is 2.01. The Hall–Kier alpha value is -1.83. The molecule has 0 N–H and O–H groups in total. The van der Waals surface area contributed by atoms with Crippen molar-refractivity contribution < 1.29 is 13.2 Å². The molecule has 0 atom stereocenters. The molecule has 3 rings (SSSR count). The first-order valence-corrected chi connectivity index (χ1v) is 8.99. The minimum Gasteiger partial charge on any atom is -0.297 e. The third kappa shape index (κ3) is 3.73. The molecule has 1 aromatic heterocycles. The van der Waals surface area contributed by atoms with Gasteiger partial charge in [0.25, 0.3) is 0 Å². The SMILES string of the molecule is CCCc1cn(C(=Nc2ccccc2I)C(F)(F)F)c2ccccc12. The van der Waals surface area contributed by atoms with Crippen molar-refractivity contribution >= 4 is 45.0 Å². The van der Waals surface area contributed by atoms with Gasteiger partial charge in [-0.2, -0.15) is 13.2 Å². The molecule has 0 aliphatic heterocycles. The molecule has 2 aromatic carbocycles. The van der Waals surface area contributed by atoms with E-state index in [1.807, 2.05) is 41.6 Å². The standard InChI is InChI=1S/C19H16F3IN2/c1-2-7-13-12-25(17-11-6-3-8-14(13)17)18(19(20,21)22)24-16-10-5-4-9-15(16)23/h3-6,8-12H,2,7H2,1H3. The Balaban J connectivity index is 2.25. The number of rotatable bonds is 3. The third-order valence-electron chi connectivity index (χ3n) is 3.87. The van der Waals surface area contributed by atoms with E-state index in [9.17, 15) is 13.2 Å². The van der Waals surface area contributed by atoms with E-state index in [4.69, 9.17) is 0 Å². The highest BCUT2D eigenvalue weighted by atomic mass is 127. The quantitative estimate of drug-likeness (QED) is 0.249. The van der Waals surface area contributed by atoms with Gasteiger partial charge in [0.05, 0.1) is 11.2 Å². The fourth-order valence-corrected chi connectivity index (χ4v) is 3.31. The predicted molar refractivity (Wildman–Crippen MR) is 104 cm³/mol. The van der Waals surface area contributed by atoms with Crippen molar-refractivity contribution in [3.8, 4) is 0 Å². The Labute approximate surface area is 157 Å². The molecule has 0 unspecified atom stereocenters. The van der Waals surface area contributed by atoms with Gasteiger partial charge in [0.15, 0.2) is 0 Å². The molecule has 2 nitrogen and oxygen atoms in total. The van der Waals surface area contributed by atoms with Gasteiger partial charge in [-0.25, -0.2) is 4.99 Å². The third-order valence-corrected chi connectivity index (χ3v) is 4.79. The van der Waals surface area contributed by atoms with E-state index in [1.165, 1.54) is 4.57 Å². The van der Waals surface area contributed by atoms with E-state index < -0.39 is 12.0 Å². The molecule has 0 saturated heterocycles. The summed E-state index contributed by atoms with van der Waals surface area (Å²) in [7, 11) is 0. The monoisotopic (exact) mass is 456 g/mol. The van der Waals surface area contributed by atoms with Gasteiger partial charge in [0, 0.05) is 15.2 Å². The van der Waals surface area contributed by atoms with Gasteiger partial charge < -0.3 is 0 Å². The predicted octanol–water partition coefficient (Wildman–Crippen LogP) is 6.34. The summed E-state index contributed by atoms with van der Waals surface area (Å²) in [4.78, 5) is 3.97. The molecular weight excluding hydrogens is 440 g/mol. The van der Waals surface area contributed by atoms with E-state index in [0.29, 0.717) is 14.8 Å². The molecule has 0 amide bonds. The van der Waals surface area contributed by atoms with Gasteiger partial charge in [0.2, 0.25) is 5.84 Å². The highest BCUT2D eigenvalue weighted by Crippen LogP contribution is 2.30. The molecule has 0 saturated carbocycles. The van der Waals surface area contributed by atoms with E-state index in [-0.39, 0.29) is 0 Å². The van der Waals surface area contributed by atoms with Crippen molar-refractivity contribution in [1.82, 2.24) is 4.57 Å². The van der Waals surface area contributed by atoms with Gasteiger partial charge in [-0.05, 0) is 52.8 Å². The average molecular weight is 456 g/mol. The van der Waals surface area contributed by atoms with Gasteiger partial charge in [-0.3, -0.25) is 4.57 Å². The number of hydrogen-bond donors (Lipinski definition) is 0. The molecule has 0 aliphatic carbocycles. The zero-order valence-electron chi connectivity index (χ0n) is 13.5. The topological polar surface area (TPSA) is 17.3 Å². The van der Waals surface area contributed by atoms with Gasteiger partial charge in [0.1, 0.15) is 0 Å². The molecule has 1 heterocycles. The molecular formula is C19H16F3IN2. The van der Waals surface area contributed by atoms with Crippen LogP contribution in [0.4, 0.5) is 18.9 Å². The first kappa shape index (κ1) is 18.0. The molecule has 130 valence electrons. The van der Waals surface area contributed by atoms with Crippen molar-refractivity contribution in [3.63, 3.8) is 0 Å². The second-order valence-electron chi connectivity index (χ2n) is 5.68. The molecule has 0 bridgehead atoms. The fraction of sp³-hybridized carbons (Fsp3) is 0.211. The molecule has 0 fully saturated rings. The van der Waals surface area contributed by atoms with Crippen LogP contribution in [0, 0.1) is 3.57 Å². The number of aromatic nitrogens is 1. The second-order valence-corrected chi connectivity index (χ2v) is 6.84. The number of hydrogen-bond acceptors (Lipinski definition) is 1. The Bertz CT molecular complexity index is 926. The summed E-state index contributed by atoms with van der Waals surface area (Å²) in [6, 6.07) is 13.9. The van der Waals surface area contributed by atoms with Crippen molar-refractivity contribution in [2.75, 3.05) is 0 Å². The second kappa shape index (κ2) is 7.19. The highest BCUT2D eigenvalue weighted by Gasteiger charge is 2.38. The molecule has 25 heavy (non-hydrogen) atoms. The molecule has 0 spiro atoms. The van der Waals surface area contributed by atoms with E-state index in [0.717, 1.165) is 23.8 Å². The zero-order chi connectivity index (χ0) is 18.0. The number of halogens is 4. The van der Waals surface area contributed by atoms with Crippen LogP contribution in [0.3, 0.4) is 0 Å². The number of alkyl halides is 3. The molecule has 0 radical (unpaired) electrons. The maximum atomic E-state index is 13.8. The van der Waals surface area contributed by atoms with Gasteiger partial charge in [-0.15, -0.1) is 0 Å². The van der Waals surface area contributed by atoms with Crippen LogP contribution in [0.5, 0.6) is 0 Å². The lowest BCUT2D eigenvalue weighted by Gasteiger charge is -2.13. The van der Waals surface area contributed by atoms with Crippen LogP contribution in [0.1, 0.15) is 18.9 Å². The molecule has 0 aliphatic rings. The summed E-state index contributed by atoms with van der Waals surface area (Å²) < 4.78 is 43.2. The summed E-state index contributed by atoms with van der Waals surface area (Å²) >= 11 is 1.99. The maximum absolute atomic E-state index is 13.8. The number of para-hydroxylation sites is 2. The minimum atomic E-state index is -4.57. The van der Waals surface area contributed by atoms with Crippen LogP contribution in [-0.2, 0) is 6.42 Å².